The van der Waals surface area contributed by atoms with Gasteiger partial charge in [-0.25, -0.2) is 19.3 Å². The number of carbonyl (C=O) groups is 3. The molecule has 5 N–H and O–H groups in total. The van der Waals surface area contributed by atoms with Gasteiger partial charge in [0.25, 0.3) is 5.56 Å². The van der Waals surface area contributed by atoms with Crippen molar-refractivity contribution in [1.82, 2.24) is 9.97 Å². The first-order valence-corrected chi connectivity index (χ1v) is 12.9. The zero-order valence-electron chi connectivity index (χ0n) is 24.5. The Morgan fingerprint density at radius 1 is 0.927 bits per heavy atom. The van der Waals surface area contributed by atoms with Crippen LogP contribution in [0.3, 0.4) is 0 Å². The highest BCUT2D eigenvalue weighted by Crippen LogP contribution is 2.37. The number of aromatic nitrogens is 2. The summed E-state index contributed by atoms with van der Waals surface area (Å²) in [5.41, 5.74) is -4.47. The van der Waals surface area contributed by atoms with E-state index in [0.29, 0.717) is 4.90 Å². The number of carbonyl (C=O) groups excluding carboxylic acids is 3. The molecular formula is C25H39N5O11. The van der Waals surface area contributed by atoms with Crippen LogP contribution in [0.1, 0.15) is 62.3 Å². The molecule has 1 aromatic heterocycles. The number of hydrogen-bond acceptors (Lipinski definition) is 13. The molecule has 3 amide bonds. The first-order valence-electron chi connectivity index (χ1n) is 12.9. The van der Waals surface area contributed by atoms with Gasteiger partial charge in [0.05, 0.1) is 6.61 Å². The lowest BCUT2D eigenvalue weighted by Crippen LogP contribution is -2.69. The lowest BCUT2D eigenvalue weighted by Gasteiger charge is -2.49. The monoisotopic (exact) mass is 585 g/mol. The number of aromatic amines is 1. The second-order valence-corrected chi connectivity index (χ2v) is 12.6. The van der Waals surface area contributed by atoms with Crippen LogP contribution in [0, 0.1) is 0 Å². The van der Waals surface area contributed by atoms with Crippen LogP contribution in [0.25, 0.3) is 0 Å². The summed E-state index contributed by atoms with van der Waals surface area (Å²) in [5, 5.41) is 33.6. The molecular weight excluding hydrogens is 546 g/mol. The number of nitrogens with zero attached hydrogens (tertiary/aromatic N) is 3. The quantitative estimate of drug-likeness (QED) is 0.311. The van der Waals surface area contributed by atoms with Crippen molar-refractivity contribution < 1.29 is 48.7 Å². The fraction of sp³-hybridized carbons (Fsp3) is 0.720. The molecule has 0 saturated carbocycles. The Morgan fingerprint density at radius 2 is 1.44 bits per heavy atom. The average Bonchev–Trinajstić information content (AvgIpc) is 2.76. The van der Waals surface area contributed by atoms with Gasteiger partial charge in [0, 0.05) is 0 Å². The van der Waals surface area contributed by atoms with Crippen LogP contribution < -0.4 is 20.7 Å². The van der Waals surface area contributed by atoms with E-state index in [0.717, 1.165) is 4.90 Å². The maximum absolute atomic E-state index is 13.5. The van der Waals surface area contributed by atoms with Gasteiger partial charge in [-0.05, 0) is 62.3 Å². The number of aliphatic hydroxyl groups is 3. The van der Waals surface area contributed by atoms with E-state index in [4.69, 9.17) is 18.9 Å². The Balaban J connectivity index is 2.23. The summed E-state index contributed by atoms with van der Waals surface area (Å²) in [6.45, 7) is 13.4. The van der Waals surface area contributed by atoms with Gasteiger partial charge < -0.3 is 39.6 Å². The van der Waals surface area contributed by atoms with Crippen molar-refractivity contribution in [3.63, 3.8) is 0 Å². The van der Waals surface area contributed by atoms with E-state index in [2.05, 4.69) is 15.3 Å². The highest BCUT2D eigenvalue weighted by molar-refractivity contribution is 6.08. The fourth-order valence-electron chi connectivity index (χ4n) is 3.99. The Labute approximate surface area is 236 Å². The number of anilines is 3. The minimum atomic E-state index is -1.61. The molecule has 1 fully saturated rings. The molecule has 5 atom stereocenters. The molecule has 3 heterocycles. The number of imide groups is 1. The molecule has 0 aliphatic carbocycles. The van der Waals surface area contributed by atoms with Crippen LogP contribution in [0.4, 0.5) is 31.8 Å². The maximum atomic E-state index is 13.5. The largest absolute Gasteiger partial charge is 0.443 e. The lowest BCUT2D eigenvalue weighted by atomic mass is 9.94. The number of ether oxygens (including phenoxy) is 4. The van der Waals surface area contributed by atoms with Crippen LogP contribution in [0.15, 0.2) is 4.79 Å². The number of aliphatic hydroxyl groups excluding tert-OH is 3. The van der Waals surface area contributed by atoms with Crippen LogP contribution in [-0.2, 0) is 18.9 Å². The van der Waals surface area contributed by atoms with Gasteiger partial charge in [-0.3, -0.25) is 9.78 Å². The third kappa shape index (κ3) is 7.25. The van der Waals surface area contributed by atoms with Crippen molar-refractivity contribution in [3.05, 3.63) is 10.4 Å². The molecule has 0 radical (unpaired) electrons. The Kier molecular flexibility index (Phi) is 8.66. The van der Waals surface area contributed by atoms with Gasteiger partial charge in [-0.2, -0.15) is 4.98 Å². The number of hydrogen-bond donors (Lipinski definition) is 5. The Hall–Kier alpha value is -3.47. The highest BCUT2D eigenvalue weighted by Gasteiger charge is 2.53. The SMILES string of the molecule is CC(C)(C)OC(=O)N(C(=O)OC(C)(C)C)c1nc2c(c(=O)[nH]1)N[C@H]1[C@@H](O)[C@@H](O)[C@@H](CO)O[C@H]1N2C(=O)OC(C)(C)C. The van der Waals surface area contributed by atoms with Crippen LogP contribution in [-0.4, -0.2) is 97.6 Å². The zero-order chi connectivity index (χ0) is 31.2. The van der Waals surface area contributed by atoms with Gasteiger partial charge in [0.1, 0.15) is 46.8 Å². The van der Waals surface area contributed by atoms with E-state index < -0.39 is 89.6 Å². The minimum Gasteiger partial charge on any atom is -0.443 e. The molecule has 0 aromatic carbocycles. The minimum absolute atomic E-state index is 0.355. The molecule has 0 spiro atoms. The first-order chi connectivity index (χ1) is 18.6. The van der Waals surface area contributed by atoms with Gasteiger partial charge in [-0.15, -0.1) is 4.90 Å². The second kappa shape index (κ2) is 11.1. The molecule has 41 heavy (non-hydrogen) atoms. The van der Waals surface area contributed by atoms with Gasteiger partial charge in [0.2, 0.25) is 5.95 Å². The Morgan fingerprint density at radius 3 is 1.90 bits per heavy atom. The summed E-state index contributed by atoms with van der Waals surface area (Å²) >= 11 is 0. The summed E-state index contributed by atoms with van der Waals surface area (Å²) in [4.78, 5) is 60.9. The van der Waals surface area contributed by atoms with E-state index in [1.807, 2.05) is 0 Å². The first kappa shape index (κ1) is 32.0. The van der Waals surface area contributed by atoms with Gasteiger partial charge >= 0.3 is 18.3 Å². The fourth-order valence-corrected chi connectivity index (χ4v) is 3.99. The molecule has 16 heteroatoms. The average molecular weight is 586 g/mol. The normalized spacial score (nSPS) is 24.4. The summed E-state index contributed by atoms with van der Waals surface area (Å²) < 4.78 is 21.9. The molecule has 0 unspecified atom stereocenters. The number of amides is 3. The molecule has 2 aliphatic heterocycles. The summed E-state index contributed by atoms with van der Waals surface area (Å²) in [6, 6.07) is -1.27. The summed E-state index contributed by atoms with van der Waals surface area (Å²) in [6.07, 6.45) is -9.48. The molecule has 3 rings (SSSR count). The third-order valence-corrected chi connectivity index (χ3v) is 5.54. The van der Waals surface area contributed by atoms with E-state index in [1.54, 1.807) is 62.3 Å². The molecule has 0 bridgehead atoms. The zero-order valence-corrected chi connectivity index (χ0v) is 24.5. The number of fused-ring (bicyclic) bond motifs is 2. The van der Waals surface area contributed by atoms with Crippen LogP contribution >= 0.6 is 0 Å². The third-order valence-electron chi connectivity index (χ3n) is 5.54. The van der Waals surface area contributed by atoms with Crippen LogP contribution in [0.5, 0.6) is 0 Å². The molecule has 1 aromatic rings. The predicted octanol–water partition coefficient (Wildman–Crippen LogP) is 1.42. The van der Waals surface area contributed by atoms with Crippen molar-refractivity contribution in [2.24, 2.45) is 0 Å². The summed E-state index contributed by atoms with van der Waals surface area (Å²) in [5.74, 6) is -1.09. The van der Waals surface area contributed by atoms with E-state index in [9.17, 15) is 34.5 Å². The predicted molar refractivity (Wildman–Crippen MR) is 144 cm³/mol. The van der Waals surface area contributed by atoms with E-state index in [-0.39, 0.29) is 5.69 Å². The van der Waals surface area contributed by atoms with Crippen LogP contribution in [0.2, 0.25) is 0 Å². The van der Waals surface area contributed by atoms with Crippen molar-refractivity contribution in [2.45, 2.75) is 110 Å². The van der Waals surface area contributed by atoms with Crippen molar-refractivity contribution >= 4 is 35.7 Å². The smallest absolute Gasteiger partial charge is 0.427 e. The molecule has 1 saturated heterocycles. The number of nitrogens with one attached hydrogen (secondary N) is 2. The maximum Gasteiger partial charge on any atom is 0.427 e. The van der Waals surface area contributed by atoms with Crippen molar-refractivity contribution in [2.75, 3.05) is 21.7 Å². The number of rotatable bonds is 2. The molecule has 16 nitrogen and oxygen atoms in total. The number of H-pyrrole nitrogens is 1. The van der Waals surface area contributed by atoms with E-state index >= 15 is 0 Å². The Bertz CT molecular complexity index is 1200. The lowest BCUT2D eigenvalue weighted by molar-refractivity contribution is -0.185. The van der Waals surface area contributed by atoms with Crippen molar-refractivity contribution in [3.8, 4) is 0 Å². The van der Waals surface area contributed by atoms with Gasteiger partial charge in [0.15, 0.2) is 12.0 Å². The molecule has 2 aliphatic rings. The second-order valence-electron chi connectivity index (χ2n) is 12.6. The molecule has 230 valence electrons. The standard InChI is InChI=1S/C25H39N5O11/c1-23(2,3)39-20(35)29-16-13(26-12-15(33)14(32)11(10-31)38-18(12)29)17(34)28-19(27-16)30(21(36)40-24(4,5)6)22(37)41-25(7,8)9/h11-12,14-15,18,26,31-33H,10H2,1-9H3,(H,27,28,34)/t11-,12+,14+,15-,18-/m1/s1. The van der Waals surface area contributed by atoms with E-state index in [1.165, 1.54) is 0 Å². The van der Waals surface area contributed by atoms with Gasteiger partial charge in [-0.1, -0.05) is 0 Å². The topological polar surface area (TPSA) is 213 Å². The highest BCUT2D eigenvalue weighted by atomic mass is 16.6. The summed E-state index contributed by atoms with van der Waals surface area (Å²) in [7, 11) is 0. The van der Waals surface area contributed by atoms with Crippen molar-refractivity contribution in [1.29, 1.82) is 0 Å².